The molecule has 0 N–H and O–H groups in total. The summed E-state index contributed by atoms with van der Waals surface area (Å²) in [5.74, 6) is 1.07. The van der Waals surface area contributed by atoms with Crippen LogP contribution in [-0.2, 0) is 0 Å². The average Bonchev–Trinajstić information content (AvgIpc) is 3.16. The van der Waals surface area contributed by atoms with Gasteiger partial charge in [0.05, 0.1) is 0 Å². The van der Waals surface area contributed by atoms with Gasteiger partial charge in [-0.2, -0.15) is 11.6 Å². The molecule has 0 bridgehead atoms. The fourth-order valence-electron chi connectivity index (χ4n) is 9.09. The molecule has 0 aromatic heterocycles. The third kappa shape index (κ3) is 4.05. The van der Waals surface area contributed by atoms with Crippen LogP contribution >= 0.6 is 11.6 Å². The van der Waals surface area contributed by atoms with Crippen molar-refractivity contribution in [2.24, 2.45) is 0 Å². The molecular formula is C45H32B2N2OS. The van der Waals surface area contributed by atoms with E-state index in [0.29, 0.717) is 0 Å². The van der Waals surface area contributed by atoms with Crippen LogP contribution in [0.2, 0.25) is 0 Å². The van der Waals surface area contributed by atoms with Crippen LogP contribution in [-0.4, -0.2) is 12.9 Å². The lowest BCUT2D eigenvalue weighted by atomic mass is 9.47. The zero-order chi connectivity index (χ0) is 34.0. The SMILES string of the molecule is Cc1cc2c3c(c1)N(c1ccccc1)c1c(cc4c(c1C)N(c1ccccc1)c1cc(C)cc5c1B4Sc1ccccc1-5)B3Oc1ccccc1-2. The Kier molecular flexibility index (Phi) is 6.13. The summed E-state index contributed by atoms with van der Waals surface area (Å²) >= 11 is 1.99. The predicted molar refractivity (Wildman–Crippen MR) is 217 cm³/mol. The van der Waals surface area contributed by atoms with Crippen LogP contribution in [0.4, 0.5) is 34.1 Å². The molecule has 4 aliphatic rings. The van der Waals surface area contributed by atoms with Crippen LogP contribution in [0.1, 0.15) is 16.7 Å². The van der Waals surface area contributed by atoms with Gasteiger partial charge in [0.1, 0.15) is 5.75 Å². The predicted octanol–water partition coefficient (Wildman–Crippen LogP) is 9.22. The molecule has 6 heteroatoms. The van der Waals surface area contributed by atoms with Gasteiger partial charge in [-0.05, 0) is 119 Å². The van der Waals surface area contributed by atoms with Crippen molar-refractivity contribution in [1.82, 2.24) is 0 Å². The summed E-state index contributed by atoms with van der Waals surface area (Å²) in [4.78, 5) is 6.38. The van der Waals surface area contributed by atoms with Gasteiger partial charge in [0, 0.05) is 50.0 Å². The van der Waals surface area contributed by atoms with Crippen LogP contribution in [0.15, 0.2) is 144 Å². The van der Waals surface area contributed by atoms with Gasteiger partial charge < -0.3 is 14.5 Å². The van der Waals surface area contributed by atoms with E-state index >= 15 is 0 Å². The lowest BCUT2D eigenvalue weighted by Gasteiger charge is -2.45. The fourth-order valence-corrected chi connectivity index (χ4v) is 10.5. The molecule has 0 spiro atoms. The van der Waals surface area contributed by atoms with Crippen molar-refractivity contribution in [3.05, 3.63) is 156 Å². The van der Waals surface area contributed by atoms with Gasteiger partial charge in [0.15, 0.2) is 0 Å². The van der Waals surface area contributed by atoms with Crippen molar-refractivity contribution in [1.29, 1.82) is 0 Å². The quantitative estimate of drug-likeness (QED) is 0.171. The molecule has 51 heavy (non-hydrogen) atoms. The van der Waals surface area contributed by atoms with Gasteiger partial charge in [-0.3, -0.25) is 0 Å². The Bertz CT molecular complexity index is 2430. The molecule has 0 fully saturated rings. The number of aryl methyl sites for hydroxylation is 2. The minimum Gasteiger partial charge on any atom is -0.551 e. The maximum absolute atomic E-state index is 7.15. The number of fused-ring (bicyclic) bond motifs is 8. The van der Waals surface area contributed by atoms with Crippen molar-refractivity contribution in [2.75, 3.05) is 9.80 Å². The van der Waals surface area contributed by atoms with Gasteiger partial charge in [-0.25, -0.2) is 0 Å². The van der Waals surface area contributed by atoms with Crippen molar-refractivity contribution >= 4 is 80.5 Å². The normalized spacial score (nSPS) is 14.1. The Hall–Kier alpha value is -5.58. The Morgan fingerprint density at radius 1 is 0.510 bits per heavy atom. The summed E-state index contributed by atoms with van der Waals surface area (Å²) in [5, 5.41) is 0. The van der Waals surface area contributed by atoms with E-state index in [1.54, 1.807) is 0 Å². The van der Waals surface area contributed by atoms with E-state index < -0.39 is 0 Å². The second-order valence-electron chi connectivity index (χ2n) is 14.2. The summed E-state index contributed by atoms with van der Waals surface area (Å²) < 4.78 is 7.15. The van der Waals surface area contributed by atoms with Crippen LogP contribution in [0.5, 0.6) is 5.75 Å². The molecule has 0 aliphatic carbocycles. The Morgan fingerprint density at radius 2 is 1.06 bits per heavy atom. The monoisotopic (exact) mass is 670 g/mol. The van der Waals surface area contributed by atoms with Crippen LogP contribution in [0.3, 0.4) is 0 Å². The van der Waals surface area contributed by atoms with Crippen LogP contribution < -0.4 is 36.3 Å². The summed E-state index contributed by atoms with van der Waals surface area (Å²) in [7, 11) is 0. The molecule has 0 saturated carbocycles. The highest BCUT2D eigenvalue weighted by Gasteiger charge is 2.48. The molecule has 0 unspecified atom stereocenters. The summed E-state index contributed by atoms with van der Waals surface area (Å²) in [6.07, 6.45) is 0. The zero-order valence-corrected chi connectivity index (χ0v) is 29.5. The second kappa shape index (κ2) is 10.7. The third-order valence-corrected chi connectivity index (χ3v) is 12.4. The molecule has 4 aliphatic heterocycles. The third-order valence-electron chi connectivity index (χ3n) is 11.1. The molecule has 240 valence electrons. The van der Waals surface area contributed by atoms with Crippen molar-refractivity contribution in [3.8, 4) is 28.0 Å². The van der Waals surface area contributed by atoms with Gasteiger partial charge in [-0.1, -0.05) is 91.0 Å². The lowest BCUT2D eigenvalue weighted by Crippen LogP contribution is -2.59. The molecule has 0 radical (unpaired) electrons. The average molecular weight is 670 g/mol. The fraction of sp³-hybridized carbons (Fsp3) is 0.0667. The van der Waals surface area contributed by atoms with E-state index in [9.17, 15) is 0 Å². The molecule has 0 saturated heterocycles. The number of para-hydroxylation sites is 3. The maximum Gasteiger partial charge on any atom is 0.431 e. The highest BCUT2D eigenvalue weighted by molar-refractivity contribution is 8.28. The molecular weight excluding hydrogens is 638 g/mol. The zero-order valence-electron chi connectivity index (χ0n) is 28.6. The number of hydrogen-bond acceptors (Lipinski definition) is 4. The number of benzene rings is 7. The molecule has 11 rings (SSSR count). The first kappa shape index (κ1) is 29.2. The van der Waals surface area contributed by atoms with Crippen LogP contribution in [0, 0.1) is 20.8 Å². The van der Waals surface area contributed by atoms with E-state index in [2.05, 4.69) is 170 Å². The van der Waals surface area contributed by atoms with Gasteiger partial charge >= 0.3 is 6.92 Å². The largest absolute Gasteiger partial charge is 0.551 e. The number of hydrogen-bond donors (Lipinski definition) is 0. The smallest absolute Gasteiger partial charge is 0.431 e. The maximum atomic E-state index is 7.15. The molecule has 0 amide bonds. The summed E-state index contributed by atoms with van der Waals surface area (Å²) in [5.41, 5.74) is 21.2. The number of anilines is 6. The minimum atomic E-state index is -0.241. The first-order chi connectivity index (χ1) is 25.0. The number of rotatable bonds is 2. The molecule has 4 heterocycles. The first-order valence-electron chi connectivity index (χ1n) is 17.7. The highest BCUT2D eigenvalue weighted by atomic mass is 32.2. The van der Waals surface area contributed by atoms with Crippen molar-refractivity contribution < 1.29 is 4.65 Å². The topological polar surface area (TPSA) is 15.7 Å². The Balaban J connectivity index is 1.27. The summed E-state index contributed by atoms with van der Waals surface area (Å²) in [6, 6.07) is 51.3. The standard InChI is InChI=1S/C45H32B2N2OS/c1-27-22-34-32-18-10-12-20-40(32)50-46-36-26-37-45(29(3)44(36)48(38(24-27)42(34)46)30-14-6-4-7-15-30)49(31-16-8-5-9-17-31)39-25-28(2)23-35-33-19-11-13-21-41(33)51-47(37)43(35)39/h4-26H,1-3H3. The van der Waals surface area contributed by atoms with Crippen molar-refractivity contribution in [2.45, 2.75) is 25.7 Å². The van der Waals surface area contributed by atoms with Gasteiger partial charge in [0.2, 0.25) is 0 Å². The highest BCUT2D eigenvalue weighted by Crippen LogP contribution is 2.51. The van der Waals surface area contributed by atoms with Gasteiger partial charge in [-0.15, -0.1) is 0 Å². The molecule has 7 aromatic carbocycles. The van der Waals surface area contributed by atoms with Crippen LogP contribution in [0.25, 0.3) is 22.3 Å². The minimum absolute atomic E-state index is 0.129. The Labute approximate surface area is 303 Å². The Morgan fingerprint density at radius 3 is 1.75 bits per heavy atom. The van der Waals surface area contributed by atoms with E-state index in [4.69, 9.17) is 4.65 Å². The second-order valence-corrected chi connectivity index (χ2v) is 15.3. The van der Waals surface area contributed by atoms with E-state index in [1.807, 2.05) is 11.6 Å². The van der Waals surface area contributed by atoms with E-state index in [0.717, 1.165) is 17.0 Å². The molecule has 7 aromatic rings. The summed E-state index contributed by atoms with van der Waals surface area (Å²) in [6.45, 7) is 6.55. The first-order valence-corrected chi connectivity index (χ1v) is 18.6. The van der Waals surface area contributed by atoms with Gasteiger partial charge in [0.25, 0.3) is 5.99 Å². The van der Waals surface area contributed by atoms with Crippen molar-refractivity contribution in [3.63, 3.8) is 0 Å². The number of nitrogens with zero attached hydrogens (tertiary/aromatic N) is 2. The lowest BCUT2D eigenvalue weighted by molar-refractivity contribution is 0.590. The molecule has 0 atom stereocenters. The molecule has 3 nitrogen and oxygen atoms in total. The van der Waals surface area contributed by atoms with E-state index in [1.165, 1.54) is 88.6 Å². The van der Waals surface area contributed by atoms with E-state index in [-0.39, 0.29) is 12.9 Å².